The number of anilines is 2. The van der Waals surface area contributed by atoms with E-state index < -0.39 is 46.4 Å². The molecule has 0 aliphatic carbocycles. The highest BCUT2D eigenvalue weighted by Crippen LogP contribution is 2.36. The number of fused-ring (bicyclic) bond motifs is 2. The Morgan fingerprint density at radius 1 is 0.980 bits per heavy atom. The number of nitro groups is 1. The maximum atomic E-state index is 14.6. The van der Waals surface area contributed by atoms with Gasteiger partial charge in [-0.3, -0.25) is 29.4 Å². The molecule has 49 heavy (non-hydrogen) atoms. The molecule has 12 heteroatoms. The van der Waals surface area contributed by atoms with Crippen LogP contribution in [0.25, 0.3) is 10.8 Å². The van der Waals surface area contributed by atoms with Crippen molar-refractivity contribution in [1.82, 2.24) is 10.2 Å². The maximum Gasteiger partial charge on any atom is 0.410 e. The van der Waals surface area contributed by atoms with Gasteiger partial charge in [0.25, 0.3) is 17.5 Å². The summed E-state index contributed by atoms with van der Waals surface area (Å²) in [6.45, 7) is 8.53. The van der Waals surface area contributed by atoms with E-state index in [4.69, 9.17) is 4.74 Å². The number of ether oxygens (including phenoxy) is 1. The standard InChI is InChI=1S/C37H39N5O7/c1-23-15-16-25-11-7-8-12-28(25)29(23)21-40-31-13-9-10-14-32(31)41(34(44)26-17-19-27(20-18-26)42(47)48)22-30(35(40)45)38-33(43)24(2)39(6)36(46)49-37(3,4)5/h7-20,24,30H,21-22H2,1-6H3,(H,38,43)/t24-,30-/m0/s1. The van der Waals surface area contributed by atoms with Crippen LogP contribution in [0.1, 0.15) is 49.2 Å². The molecule has 0 fully saturated rings. The summed E-state index contributed by atoms with van der Waals surface area (Å²) in [5, 5.41) is 16.0. The van der Waals surface area contributed by atoms with Crippen LogP contribution >= 0.6 is 0 Å². The van der Waals surface area contributed by atoms with E-state index in [1.165, 1.54) is 43.1 Å². The van der Waals surface area contributed by atoms with Crippen LogP contribution in [0.15, 0.2) is 84.9 Å². The van der Waals surface area contributed by atoms with E-state index in [9.17, 15) is 29.3 Å². The molecule has 0 saturated heterocycles. The summed E-state index contributed by atoms with van der Waals surface area (Å²) in [5.41, 5.74) is 1.93. The molecule has 5 rings (SSSR count). The summed E-state index contributed by atoms with van der Waals surface area (Å²) in [6.07, 6.45) is -0.710. The van der Waals surface area contributed by atoms with Gasteiger partial charge in [-0.1, -0.05) is 48.5 Å². The van der Waals surface area contributed by atoms with Crippen LogP contribution in [-0.2, 0) is 20.9 Å². The fourth-order valence-electron chi connectivity index (χ4n) is 5.70. The van der Waals surface area contributed by atoms with Crippen molar-refractivity contribution in [2.24, 2.45) is 0 Å². The summed E-state index contributed by atoms with van der Waals surface area (Å²) in [6, 6.07) is 21.8. The molecule has 4 amide bonds. The van der Waals surface area contributed by atoms with Gasteiger partial charge in [0.2, 0.25) is 5.91 Å². The van der Waals surface area contributed by atoms with E-state index in [-0.39, 0.29) is 24.3 Å². The number of carbonyl (C=O) groups is 4. The Hall–Kier alpha value is -5.78. The average molecular weight is 666 g/mol. The van der Waals surface area contributed by atoms with Crippen LogP contribution in [0.3, 0.4) is 0 Å². The predicted molar refractivity (Wildman–Crippen MR) is 186 cm³/mol. The number of likely N-dealkylation sites (N-methyl/N-ethyl adjacent to an activating group) is 1. The van der Waals surface area contributed by atoms with Crippen LogP contribution in [-0.4, -0.2) is 64.9 Å². The molecule has 12 nitrogen and oxygen atoms in total. The van der Waals surface area contributed by atoms with E-state index in [1.54, 1.807) is 49.9 Å². The van der Waals surface area contributed by atoms with Crippen molar-refractivity contribution in [3.05, 3.63) is 112 Å². The number of nitrogens with one attached hydrogen (secondary N) is 1. The highest BCUT2D eigenvalue weighted by atomic mass is 16.6. The Morgan fingerprint density at radius 3 is 2.27 bits per heavy atom. The fraction of sp³-hybridized carbons (Fsp3) is 0.297. The SMILES string of the molecule is Cc1ccc2ccccc2c1CN1C(=O)[C@@H](NC(=O)[C@H](C)N(C)C(=O)OC(C)(C)C)CN(C(=O)c2ccc([N+](=O)[O-])cc2)c2ccccc21. The van der Waals surface area contributed by atoms with Crippen LogP contribution in [0, 0.1) is 17.0 Å². The van der Waals surface area contributed by atoms with Crippen molar-refractivity contribution in [3.8, 4) is 0 Å². The van der Waals surface area contributed by atoms with Crippen molar-refractivity contribution in [2.45, 2.75) is 58.8 Å². The number of nitrogens with zero attached hydrogens (tertiary/aromatic N) is 4. The lowest BCUT2D eigenvalue weighted by atomic mass is 9.99. The van der Waals surface area contributed by atoms with Crippen LogP contribution in [0.5, 0.6) is 0 Å². The lowest BCUT2D eigenvalue weighted by molar-refractivity contribution is -0.384. The second-order valence-electron chi connectivity index (χ2n) is 13.0. The quantitative estimate of drug-likeness (QED) is 0.189. The van der Waals surface area contributed by atoms with E-state index in [2.05, 4.69) is 5.32 Å². The van der Waals surface area contributed by atoms with Gasteiger partial charge >= 0.3 is 6.09 Å². The molecule has 0 spiro atoms. The minimum absolute atomic E-state index is 0.141. The fourth-order valence-corrected chi connectivity index (χ4v) is 5.70. The normalized spacial score (nSPS) is 15.2. The predicted octanol–water partition coefficient (Wildman–Crippen LogP) is 5.99. The number of benzene rings is 4. The Bertz CT molecular complexity index is 1940. The summed E-state index contributed by atoms with van der Waals surface area (Å²) < 4.78 is 5.43. The molecule has 0 radical (unpaired) electrons. The first kappa shape index (κ1) is 34.6. The number of hydrogen-bond donors (Lipinski definition) is 1. The summed E-state index contributed by atoms with van der Waals surface area (Å²) >= 11 is 0. The lowest BCUT2D eigenvalue weighted by Crippen LogP contribution is -2.57. The topological polar surface area (TPSA) is 142 Å². The van der Waals surface area contributed by atoms with E-state index in [1.807, 2.05) is 43.3 Å². The monoisotopic (exact) mass is 665 g/mol. The number of aryl methyl sites for hydroxylation is 1. The molecule has 0 saturated carbocycles. The Kier molecular flexibility index (Phi) is 9.70. The van der Waals surface area contributed by atoms with Crippen LogP contribution < -0.4 is 15.1 Å². The van der Waals surface area contributed by atoms with Gasteiger partial charge in [0.1, 0.15) is 17.7 Å². The second kappa shape index (κ2) is 13.8. The van der Waals surface area contributed by atoms with Gasteiger partial charge in [0.15, 0.2) is 0 Å². The molecule has 2 atom stereocenters. The molecule has 1 aliphatic rings. The van der Waals surface area contributed by atoms with Gasteiger partial charge in [-0.2, -0.15) is 0 Å². The van der Waals surface area contributed by atoms with Crippen molar-refractivity contribution in [2.75, 3.05) is 23.4 Å². The first-order valence-electron chi connectivity index (χ1n) is 15.9. The molecule has 4 aromatic rings. The van der Waals surface area contributed by atoms with Crippen molar-refractivity contribution < 1.29 is 28.8 Å². The number of non-ortho nitro benzene ring substituents is 1. The minimum atomic E-state index is -1.23. The lowest BCUT2D eigenvalue weighted by Gasteiger charge is -2.30. The molecule has 254 valence electrons. The van der Waals surface area contributed by atoms with E-state index in [0.29, 0.717) is 11.4 Å². The first-order chi connectivity index (χ1) is 23.2. The molecule has 0 bridgehead atoms. The summed E-state index contributed by atoms with van der Waals surface area (Å²) in [4.78, 5) is 70.1. The third-order valence-electron chi connectivity index (χ3n) is 8.51. The number of hydrogen-bond acceptors (Lipinski definition) is 7. The summed E-state index contributed by atoms with van der Waals surface area (Å²) in [7, 11) is 1.43. The Balaban J connectivity index is 1.57. The van der Waals surface area contributed by atoms with Gasteiger partial charge in [-0.05, 0) is 80.8 Å². The van der Waals surface area contributed by atoms with Gasteiger partial charge in [0, 0.05) is 24.7 Å². The Morgan fingerprint density at radius 2 is 1.61 bits per heavy atom. The van der Waals surface area contributed by atoms with Gasteiger partial charge in [-0.25, -0.2) is 4.79 Å². The zero-order valence-electron chi connectivity index (χ0n) is 28.3. The zero-order chi connectivity index (χ0) is 35.6. The number of amides is 4. The second-order valence-corrected chi connectivity index (χ2v) is 13.0. The molecule has 1 heterocycles. The first-order valence-corrected chi connectivity index (χ1v) is 15.9. The number of carbonyl (C=O) groups excluding carboxylic acids is 4. The smallest absolute Gasteiger partial charge is 0.410 e. The minimum Gasteiger partial charge on any atom is -0.444 e. The molecule has 4 aromatic carbocycles. The third kappa shape index (κ3) is 7.38. The largest absolute Gasteiger partial charge is 0.444 e. The molecule has 0 aromatic heterocycles. The molecule has 0 unspecified atom stereocenters. The molecule has 1 N–H and O–H groups in total. The molecular formula is C37H39N5O7. The Labute approximate surface area is 284 Å². The number of rotatable bonds is 7. The average Bonchev–Trinajstić information content (AvgIpc) is 3.18. The molecule has 1 aliphatic heterocycles. The highest BCUT2D eigenvalue weighted by molar-refractivity contribution is 6.13. The van der Waals surface area contributed by atoms with Crippen LogP contribution in [0.2, 0.25) is 0 Å². The highest BCUT2D eigenvalue weighted by Gasteiger charge is 2.39. The third-order valence-corrected chi connectivity index (χ3v) is 8.51. The van der Waals surface area contributed by atoms with Gasteiger partial charge in [0.05, 0.1) is 29.4 Å². The van der Waals surface area contributed by atoms with Crippen molar-refractivity contribution >= 4 is 51.6 Å². The number of nitro benzene ring substituents is 1. The number of para-hydroxylation sites is 2. The van der Waals surface area contributed by atoms with E-state index in [0.717, 1.165) is 26.8 Å². The van der Waals surface area contributed by atoms with Crippen LogP contribution in [0.4, 0.5) is 21.9 Å². The summed E-state index contributed by atoms with van der Waals surface area (Å²) in [5.74, 6) is -1.60. The maximum absolute atomic E-state index is 14.6. The zero-order valence-corrected chi connectivity index (χ0v) is 28.3. The van der Waals surface area contributed by atoms with E-state index >= 15 is 0 Å². The van der Waals surface area contributed by atoms with Gasteiger partial charge < -0.3 is 19.9 Å². The van der Waals surface area contributed by atoms with Crippen molar-refractivity contribution in [1.29, 1.82) is 0 Å². The van der Waals surface area contributed by atoms with Crippen molar-refractivity contribution in [3.63, 3.8) is 0 Å². The van der Waals surface area contributed by atoms with Gasteiger partial charge in [-0.15, -0.1) is 0 Å². The molecular weight excluding hydrogens is 626 g/mol.